The van der Waals surface area contributed by atoms with Crippen molar-refractivity contribution in [3.8, 4) is 0 Å². The molecule has 0 spiro atoms. The van der Waals surface area contributed by atoms with Crippen molar-refractivity contribution in [2.75, 3.05) is 11.9 Å². The number of amides is 1. The summed E-state index contributed by atoms with van der Waals surface area (Å²) in [6.45, 7) is 9.89. The van der Waals surface area contributed by atoms with Gasteiger partial charge in [-0.1, -0.05) is 41.9 Å². The van der Waals surface area contributed by atoms with Gasteiger partial charge in [0.2, 0.25) is 0 Å². The number of nitrogens with one attached hydrogen (secondary N) is 1. The molecule has 0 unspecified atom stereocenters. The summed E-state index contributed by atoms with van der Waals surface area (Å²) in [4.78, 5) is 15.5. The molecule has 0 rings (SSSR count). The van der Waals surface area contributed by atoms with Gasteiger partial charge in [0.15, 0.2) is 0 Å². The molecule has 0 aliphatic rings. The quantitative estimate of drug-likeness (QED) is 0.454. The van der Waals surface area contributed by atoms with Gasteiger partial charge in [-0.2, -0.15) is 0 Å². The van der Waals surface area contributed by atoms with Gasteiger partial charge in [0.25, 0.3) is 0 Å². The predicted molar refractivity (Wildman–Crippen MR) is 89.3 cm³/mol. The second kappa shape index (κ2) is 12.7. The van der Waals surface area contributed by atoms with E-state index in [0.717, 1.165) is 5.33 Å². The summed E-state index contributed by atoms with van der Waals surface area (Å²) in [6.07, 6.45) is 6.03. The lowest BCUT2D eigenvalue weighted by atomic mass is 10.2. The van der Waals surface area contributed by atoms with Crippen LogP contribution in [0.4, 0.5) is 4.79 Å². The van der Waals surface area contributed by atoms with Crippen molar-refractivity contribution in [3.63, 3.8) is 0 Å². The SMILES string of the molecule is CC.CC(C)(C)OC(=O)N/C(C=NC/C=C/CBr)=C/N. The van der Waals surface area contributed by atoms with Gasteiger partial charge in [-0.05, 0) is 20.8 Å². The van der Waals surface area contributed by atoms with E-state index in [4.69, 9.17) is 10.5 Å². The third kappa shape index (κ3) is 14.8. The third-order valence-electron chi connectivity index (χ3n) is 1.52. The maximum absolute atomic E-state index is 11.5. The van der Waals surface area contributed by atoms with E-state index in [1.807, 2.05) is 26.0 Å². The Morgan fingerprint density at radius 2 is 1.95 bits per heavy atom. The van der Waals surface area contributed by atoms with Crippen molar-refractivity contribution in [1.82, 2.24) is 5.32 Å². The molecule has 0 aliphatic carbocycles. The zero-order valence-electron chi connectivity index (χ0n) is 12.9. The van der Waals surface area contributed by atoms with Gasteiger partial charge >= 0.3 is 6.09 Å². The van der Waals surface area contributed by atoms with Crippen molar-refractivity contribution >= 4 is 28.2 Å². The van der Waals surface area contributed by atoms with Gasteiger partial charge in [0.1, 0.15) is 5.60 Å². The monoisotopic (exact) mass is 347 g/mol. The van der Waals surface area contributed by atoms with E-state index in [-0.39, 0.29) is 0 Å². The molecule has 0 atom stereocenters. The predicted octanol–water partition coefficient (Wildman–Crippen LogP) is 3.36. The minimum absolute atomic E-state index is 0.400. The van der Waals surface area contributed by atoms with Crippen LogP contribution in [0.3, 0.4) is 0 Å². The number of hydrogen-bond donors (Lipinski definition) is 2. The first-order valence-electron chi connectivity index (χ1n) is 6.51. The van der Waals surface area contributed by atoms with Gasteiger partial charge < -0.3 is 10.5 Å². The molecule has 0 aliphatic heterocycles. The highest BCUT2D eigenvalue weighted by Crippen LogP contribution is 2.06. The fourth-order valence-electron chi connectivity index (χ4n) is 0.888. The number of alkyl carbamates (subject to hydrolysis) is 1. The Morgan fingerprint density at radius 3 is 2.40 bits per heavy atom. The molecular weight excluding hydrogens is 322 g/mol. The molecule has 0 saturated carbocycles. The molecule has 5 nitrogen and oxygen atoms in total. The summed E-state index contributed by atoms with van der Waals surface area (Å²) < 4.78 is 5.09. The summed E-state index contributed by atoms with van der Waals surface area (Å²) in [5.41, 5.74) is 5.23. The Kier molecular flexibility index (Phi) is 13.4. The number of halogens is 1. The van der Waals surface area contributed by atoms with Crippen LogP contribution in [-0.2, 0) is 4.74 Å². The molecule has 0 saturated heterocycles. The molecule has 0 aromatic rings. The van der Waals surface area contributed by atoms with Crippen LogP contribution in [0.15, 0.2) is 29.0 Å². The van der Waals surface area contributed by atoms with E-state index < -0.39 is 11.7 Å². The first-order valence-corrected chi connectivity index (χ1v) is 7.64. The zero-order valence-corrected chi connectivity index (χ0v) is 14.5. The highest BCUT2D eigenvalue weighted by molar-refractivity contribution is 9.09. The molecule has 0 heterocycles. The summed E-state index contributed by atoms with van der Waals surface area (Å²) >= 11 is 3.26. The second-order valence-electron chi connectivity index (χ2n) is 4.37. The standard InChI is InChI=1S/C12H20BrN3O2.C2H6/c1-12(2,3)18-11(17)16-10(8-14)9-15-7-5-4-6-13;1-2/h4-5,8-9H,6-7,14H2,1-3H3,(H,16,17);1-2H3/b5-4+,10-8+,15-9?;. The lowest BCUT2D eigenvalue weighted by Crippen LogP contribution is -2.32. The highest BCUT2D eigenvalue weighted by Gasteiger charge is 2.16. The van der Waals surface area contributed by atoms with Gasteiger partial charge in [0, 0.05) is 17.7 Å². The Labute approximate surface area is 130 Å². The smallest absolute Gasteiger partial charge is 0.412 e. The van der Waals surface area contributed by atoms with Crippen LogP contribution in [0, 0.1) is 0 Å². The van der Waals surface area contributed by atoms with E-state index in [1.54, 1.807) is 20.8 Å². The molecule has 6 heteroatoms. The van der Waals surface area contributed by atoms with Crippen molar-refractivity contribution < 1.29 is 9.53 Å². The molecular formula is C14H26BrN3O2. The van der Waals surface area contributed by atoms with E-state index in [9.17, 15) is 4.79 Å². The molecule has 3 N–H and O–H groups in total. The van der Waals surface area contributed by atoms with E-state index in [0.29, 0.717) is 12.2 Å². The largest absolute Gasteiger partial charge is 0.444 e. The molecule has 0 bridgehead atoms. The maximum atomic E-state index is 11.5. The Balaban J connectivity index is 0. The topological polar surface area (TPSA) is 76.7 Å². The van der Waals surface area contributed by atoms with E-state index in [2.05, 4.69) is 26.2 Å². The first-order chi connectivity index (χ1) is 9.39. The number of carbonyl (C=O) groups excluding carboxylic acids is 1. The van der Waals surface area contributed by atoms with Crippen LogP contribution in [-0.4, -0.2) is 29.8 Å². The molecule has 0 aromatic carbocycles. The number of carbonyl (C=O) groups is 1. The summed E-state index contributed by atoms with van der Waals surface area (Å²) in [5, 5.41) is 3.30. The molecule has 20 heavy (non-hydrogen) atoms. The van der Waals surface area contributed by atoms with Crippen molar-refractivity contribution in [1.29, 1.82) is 0 Å². The molecule has 0 aromatic heterocycles. The average Bonchev–Trinajstić information content (AvgIpc) is 2.37. The fourth-order valence-corrected chi connectivity index (χ4v) is 1.15. The molecule has 116 valence electrons. The summed E-state index contributed by atoms with van der Waals surface area (Å²) in [6, 6.07) is 0. The van der Waals surface area contributed by atoms with Crippen molar-refractivity contribution in [2.45, 2.75) is 40.2 Å². The van der Waals surface area contributed by atoms with Crippen LogP contribution in [0.5, 0.6) is 0 Å². The number of ether oxygens (including phenoxy) is 1. The van der Waals surface area contributed by atoms with Crippen LogP contribution in [0.2, 0.25) is 0 Å². The number of aliphatic imine (C=N–C) groups is 1. The number of nitrogens with two attached hydrogens (primary N) is 1. The lowest BCUT2D eigenvalue weighted by Gasteiger charge is -2.19. The number of allylic oxidation sites excluding steroid dienone is 2. The molecule has 0 fully saturated rings. The highest BCUT2D eigenvalue weighted by atomic mass is 79.9. The van der Waals surface area contributed by atoms with Crippen LogP contribution < -0.4 is 11.1 Å². The molecule has 1 amide bonds. The third-order valence-corrected chi connectivity index (χ3v) is 1.90. The van der Waals surface area contributed by atoms with Gasteiger partial charge in [-0.25, -0.2) is 4.79 Å². The Hall–Kier alpha value is -1.30. The zero-order chi connectivity index (χ0) is 16.0. The lowest BCUT2D eigenvalue weighted by molar-refractivity contribution is 0.0549. The Bertz CT molecular complexity index is 345. The summed E-state index contributed by atoms with van der Waals surface area (Å²) in [5.74, 6) is 0. The number of nitrogens with zero attached hydrogens (tertiary/aromatic N) is 1. The first kappa shape index (κ1) is 21.0. The number of alkyl halides is 1. The minimum atomic E-state index is -0.554. The van der Waals surface area contributed by atoms with E-state index >= 15 is 0 Å². The van der Waals surface area contributed by atoms with Gasteiger partial charge in [-0.15, -0.1) is 0 Å². The van der Waals surface area contributed by atoms with E-state index in [1.165, 1.54) is 12.4 Å². The number of rotatable bonds is 5. The van der Waals surface area contributed by atoms with Gasteiger partial charge in [-0.3, -0.25) is 10.3 Å². The Morgan fingerprint density at radius 1 is 1.35 bits per heavy atom. The normalized spacial score (nSPS) is 12.2. The molecule has 0 radical (unpaired) electrons. The summed E-state index contributed by atoms with van der Waals surface area (Å²) in [7, 11) is 0. The van der Waals surface area contributed by atoms with Gasteiger partial charge in [0.05, 0.1) is 12.2 Å². The van der Waals surface area contributed by atoms with Crippen molar-refractivity contribution in [2.24, 2.45) is 10.7 Å². The second-order valence-corrected chi connectivity index (χ2v) is 5.02. The van der Waals surface area contributed by atoms with Crippen LogP contribution in [0.25, 0.3) is 0 Å². The average molecular weight is 348 g/mol. The maximum Gasteiger partial charge on any atom is 0.412 e. The van der Waals surface area contributed by atoms with Crippen LogP contribution >= 0.6 is 15.9 Å². The number of hydrogen-bond acceptors (Lipinski definition) is 4. The van der Waals surface area contributed by atoms with Crippen molar-refractivity contribution in [3.05, 3.63) is 24.0 Å². The fraction of sp³-hybridized carbons (Fsp3) is 0.571. The minimum Gasteiger partial charge on any atom is -0.444 e. The van der Waals surface area contributed by atoms with Crippen LogP contribution in [0.1, 0.15) is 34.6 Å².